The van der Waals surface area contributed by atoms with Crippen LogP contribution < -0.4 is 5.73 Å². The highest BCUT2D eigenvalue weighted by atomic mass is 32.2. The molecule has 0 amide bonds. The van der Waals surface area contributed by atoms with Gasteiger partial charge in [-0.2, -0.15) is 0 Å². The van der Waals surface area contributed by atoms with Crippen LogP contribution in [0.3, 0.4) is 0 Å². The molecule has 0 spiro atoms. The summed E-state index contributed by atoms with van der Waals surface area (Å²) in [5.74, 6) is -3.31. The summed E-state index contributed by atoms with van der Waals surface area (Å²) in [5, 5.41) is 20.6. The van der Waals surface area contributed by atoms with Crippen molar-refractivity contribution in [3.05, 3.63) is 60.7 Å². The molecule has 33 heavy (non-hydrogen) atoms. The Hall–Kier alpha value is -2.92. The van der Waals surface area contributed by atoms with Crippen molar-refractivity contribution in [3.8, 4) is 0 Å². The van der Waals surface area contributed by atoms with Crippen LogP contribution in [-0.2, 0) is 34.4 Å². The first kappa shape index (κ1) is 28.1. The van der Waals surface area contributed by atoms with E-state index in [4.69, 9.17) is 14.7 Å². The summed E-state index contributed by atoms with van der Waals surface area (Å²) in [6, 6.07) is 5.82. The molecule has 1 unspecified atom stereocenters. The number of aliphatic hydroxyl groups is 2. The number of ether oxygens (including phenoxy) is 1. The standard InChI is InChI=1S/C23H29NO8S/c1-14(2)19(27)23(20(28)15(3)4,32-21(29)16(5)6)22(11-25,12-26)13-31-33(30)18-9-7-17(24)8-10-18/h7-10,25-26H,1,3,5,11-13,24H2,2,4,6H3. The van der Waals surface area contributed by atoms with Gasteiger partial charge in [0.05, 0.1) is 30.1 Å². The maximum Gasteiger partial charge on any atom is 0.334 e. The lowest BCUT2D eigenvalue weighted by molar-refractivity contribution is -0.195. The van der Waals surface area contributed by atoms with Crippen LogP contribution in [0.2, 0.25) is 0 Å². The fraction of sp³-hybridized carbons (Fsp3) is 0.348. The Labute approximate surface area is 195 Å². The van der Waals surface area contributed by atoms with E-state index >= 15 is 0 Å². The average Bonchev–Trinajstić information content (AvgIpc) is 2.77. The molecular weight excluding hydrogens is 450 g/mol. The van der Waals surface area contributed by atoms with Gasteiger partial charge >= 0.3 is 5.97 Å². The van der Waals surface area contributed by atoms with Crippen molar-refractivity contribution < 1.29 is 37.7 Å². The van der Waals surface area contributed by atoms with Crippen LogP contribution in [0.5, 0.6) is 0 Å². The van der Waals surface area contributed by atoms with Crippen LogP contribution in [0, 0.1) is 5.41 Å². The van der Waals surface area contributed by atoms with Crippen molar-refractivity contribution in [3.63, 3.8) is 0 Å². The number of carbonyl (C=O) groups excluding carboxylic acids is 3. The third kappa shape index (κ3) is 5.72. The lowest BCUT2D eigenvalue weighted by Crippen LogP contribution is -2.67. The summed E-state index contributed by atoms with van der Waals surface area (Å²) < 4.78 is 23.4. The number of carbonyl (C=O) groups is 3. The van der Waals surface area contributed by atoms with Gasteiger partial charge in [0.15, 0.2) is 11.1 Å². The Balaban J connectivity index is 3.69. The number of hydrogen-bond donors (Lipinski definition) is 3. The molecule has 1 aromatic rings. The zero-order chi connectivity index (χ0) is 25.6. The molecule has 0 aromatic heterocycles. The zero-order valence-electron chi connectivity index (χ0n) is 18.9. The van der Waals surface area contributed by atoms with E-state index in [1.807, 2.05) is 0 Å². The summed E-state index contributed by atoms with van der Waals surface area (Å²) in [6.07, 6.45) is 0. The predicted octanol–water partition coefficient (Wildman–Crippen LogP) is 1.43. The summed E-state index contributed by atoms with van der Waals surface area (Å²) >= 11 is -2.15. The maximum absolute atomic E-state index is 13.3. The first-order valence-electron chi connectivity index (χ1n) is 9.71. The van der Waals surface area contributed by atoms with Gasteiger partial charge in [-0.05, 0) is 56.2 Å². The van der Waals surface area contributed by atoms with Crippen LogP contribution in [-0.4, -0.2) is 57.4 Å². The molecule has 1 rings (SSSR count). The molecular formula is C23H29NO8S. The van der Waals surface area contributed by atoms with Gasteiger partial charge in [0, 0.05) is 11.3 Å². The van der Waals surface area contributed by atoms with Crippen LogP contribution in [0.15, 0.2) is 65.6 Å². The molecule has 0 bridgehead atoms. The average molecular weight is 480 g/mol. The van der Waals surface area contributed by atoms with Crippen LogP contribution in [0.25, 0.3) is 0 Å². The molecule has 1 aromatic carbocycles. The van der Waals surface area contributed by atoms with E-state index < -0.39 is 59.5 Å². The molecule has 9 nitrogen and oxygen atoms in total. The highest BCUT2D eigenvalue weighted by molar-refractivity contribution is 7.80. The second kappa shape index (κ2) is 11.3. The van der Waals surface area contributed by atoms with Gasteiger partial charge in [-0.15, -0.1) is 0 Å². The minimum Gasteiger partial charge on any atom is -0.438 e. The van der Waals surface area contributed by atoms with Crippen LogP contribution in [0.4, 0.5) is 5.69 Å². The Bertz CT molecular complexity index is 966. The van der Waals surface area contributed by atoms with Crippen molar-refractivity contribution in [2.24, 2.45) is 5.41 Å². The van der Waals surface area contributed by atoms with Crippen LogP contribution >= 0.6 is 0 Å². The second-order valence-electron chi connectivity index (χ2n) is 7.73. The van der Waals surface area contributed by atoms with Crippen molar-refractivity contribution in [1.82, 2.24) is 0 Å². The summed E-state index contributed by atoms with van der Waals surface area (Å²) in [4.78, 5) is 39.4. The normalized spacial score (nSPS) is 12.5. The number of hydrogen-bond acceptors (Lipinski definition) is 9. The van der Waals surface area contributed by atoms with E-state index in [2.05, 4.69) is 19.7 Å². The fourth-order valence-corrected chi connectivity index (χ4v) is 3.72. The monoisotopic (exact) mass is 479 g/mol. The van der Waals surface area contributed by atoms with E-state index in [0.717, 1.165) is 0 Å². The van der Waals surface area contributed by atoms with E-state index in [1.165, 1.54) is 45.0 Å². The molecule has 0 aliphatic rings. The summed E-state index contributed by atoms with van der Waals surface area (Å²) in [7, 11) is 0. The first-order valence-corrected chi connectivity index (χ1v) is 10.8. The second-order valence-corrected chi connectivity index (χ2v) is 8.91. The highest BCUT2D eigenvalue weighted by Crippen LogP contribution is 2.41. The van der Waals surface area contributed by atoms with E-state index in [-0.39, 0.29) is 21.6 Å². The lowest BCUT2D eigenvalue weighted by Gasteiger charge is -2.45. The van der Waals surface area contributed by atoms with E-state index in [9.17, 15) is 28.8 Å². The highest BCUT2D eigenvalue weighted by Gasteiger charge is 2.64. The quantitative estimate of drug-likeness (QED) is 0.165. The first-order chi connectivity index (χ1) is 15.3. The third-order valence-corrected chi connectivity index (χ3v) is 5.86. The SMILES string of the molecule is C=C(C)C(=O)OC(C(=O)C(=C)C)(C(=O)C(=C)C)C(CO)(CO)COS(=O)c1ccc(N)cc1. The number of aliphatic hydroxyl groups excluding tert-OH is 2. The van der Waals surface area contributed by atoms with Crippen LogP contribution in [0.1, 0.15) is 20.8 Å². The van der Waals surface area contributed by atoms with Gasteiger partial charge in [-0.3, -0.25) is 13.8 Å². The topological polar surface area (TPSA) is 153 Å². The Morgan fingerprint density at radius 1 is 0.939 bits per heavy atom. The van der Waals surface area contributed by atoms with Gasteiger partial charge in [0.25, 0.3) is 0 Å². The number of nitrogen functional groups attached to an aromatic ring is 1. The van der Waals surface area contributed by atoms with Gasteiger partial charge in [0.1, 0.15) is 0 Å². The third-order valence-electron chi connectivity index (χ3n) is 4.88. The Kier molecular flexibility index (Phi) is 9.61. The lowest BCUT2D eigenvalue weighted by atomic mass is 9.65. The smallest absolute Gasteiger partial charge is 0.334 e. The minimum atomic E-state index is -2.81. The number of anilines is 1. The molecule has 0 aliphatic heterocycles. The van der Waals surface area contributed by atoms with E-state index in [1.54, 1.807) is 0 Å². The maximum atomic E-state index is 13.3. The number of ketones is 2. The Morgan fingerprint density at radius 3 is 1.76 bits per heavy atom. The Morgan fingerprint density at radius 2 is 1.39 bits per heavy atom. The molecule has 1 atom stereocenters. The number of rotatable bonds is 13. The molecule has 0 radical (unpaired) electrons. The summed E-state index contributed by atoms with van der Waals surface area (Å²) in [6.45, 7) is 11.4. The molecule has 0 aliphatic carbocycles. The predicted molar refractivity (Wildman–Crippen MR) is 123 cm³/mol. The number of Topliss-reactive ketones (excluding diaryl/α,β-unsaturated/α-hetero) is 2. The van der Waals surface area contributed by atoms with Crippen molar-refractivity contribution >= 4 is 34.3 Å². The molecule has 4 N–H and O–H groups in total. The minimum absolute atomic E-state index is 0.153. The number of nitrogens with two attached hydrogens (primary N) is 1. The molecule has 0 saturated heterocycles. The molecule has 0 heterocycles. The van der Waals surface area contributed by atoms with Gasteiger partial charge in [-0.25, -0.2) is 9.00 Å². The largest absolute Gasteiger partial charge is 0.438 e. The van der Waals surface area contributed by atoms with Gasteiger partial charge < -0.3 is 20.7 Å². The number of benzene rings is 1. The molecule has 0 fully saturated rings. The van der Waals surface area contributed by atoms with Crippen molar-refractivity contribution in [2.45, 2.75) is 31.3 Å². The summed E-state index contributed by atoms with van der Waals surface area (Å²) in [5.41, 5.74) is 0.402. The van der Waals surface area contributed by atoms with Gasteiger partial charge in [-0.1, -0.05) is 19.7 Å². The number of esters is 1. The molecule has 0 saturated carbocycles. The van der Waals surface area contributed by atoms with E-state index in [0.29, 0.717) is 5.69 Å². The molecule has 10 heteroatoms. The van der Waals surface area contributed by atoms with Crippen molar-refractivity contribution in [2.75, 3.05) is 25.6 Å². The van der Waals surface area contributed by atoms with Crippen molar-refractivity contribution in [1.29, 1.82) is 0 Å². The van der Waals surface area contributed by atoms with Gasteiger partial charge in [0.2, 0.25) is 17.2 Å². The zero-order valence-corrected chi connectivity index (χ0v) is 19.7. The fourth-order valence-electron chi connectivity index (χ4n) is 2.89. The molecule has 180 valence electrons.